The summed E-state index contributed by atoms with van der Waals surface area (Å²) in [5, 5.41) is 11.1. The molecule has 1 fully saturated rings. The first kappa shape index (κ1) is 11.0. The van der Waals surface area contributed by atoms with Gasteiger partial charge in [0.05, 0.1) is 0 Å². The highest BCUT2D eigenvalue weighted by Crippen LogP contribution is 2.36. The van der Waals surface area contributed by atoms with Gasteiger partial charge in [-0.2, -0.15) is 0 Å². The van der Waals surface area contributed by atoms with Crippen LogP contribution in [0.15, 0.2) is 0 Å². The predicted octanol–water partition coefficient (Wildman–Crippen LogP) is 1.01. The topological polar surface area (TPSA) is 66.4 Å². The number of hydrogen-bond donors (Lipinski definition) is 2. The Balaban J connectivity index is 2.05. The van der Waals surface area contributed by atoms with Gasteiger partial charge in [-0.1, -0.05) is 6.92 Å². The van der Waals surface area contributed by atoms with Crippen LogP contribution >= 0.6 is 0 Å². The molecule has 1 atom stereocenters. The van der Waals surface area contributed by atoms with Crippen molar-refractivity contribution >= 4 is 11.9 Å². The molecule has 4 nitrogen and oxygen atoms in total. The Morgan fingerprint density at radius 3 is 2.64 bits per heavy atom. The minimum absolute atomic E-state index is 0.0675. The summed E-state index contributed by atoms with van der Waals surface area (Å²) in [6, 6.07) is 0. The van der Waals surface area contributed by atoms with E-state index in [1.165, 1.54) is 0 Å². The van der Waals surface area contributed by atoms with Crippen LogP contribution in [0.25, 0.3) is 0 Å². The van der Waals surface area contributed by atoms with E-state index in [1.807, 2.05) is 6.92 Å². The van der Waals surface area contributed by atoms with Crippen molar-refractivity contribution in [1.82, 2.24) is 5.32 Å². The second-order valence-electron chi connectivity index (χ2n) is 3.91. The molecule has 1 saturated carbocycles. The number of aliphatic carboxylic acids is 1. The monoisotopic (exact) mass is 199 g/mol. The van der Waals surface area contributed by atoms with Crippen molar-refractivity contribution in [3.05, 3.63) is 0 Å². The molecule has 0 bridgehead atoms. The van der Waals surface area contributed by atoms with Crippen LogP contribution < -0.4 is 5.32 Å². The van der Waals surface area contributed by atoms with Crippen LogP contribution in [0.1, 0.15) is 32.6 Å². The summed E-state index contributed by atoms with van der Waals surface area (Å²) < 4.78 is 0. The van der Waals surface area contributed by atoms with Crippen molar-refractivity contribution in [2.75, 3.05) is 6.54 Å². The van der Waals surface area contributed by atoms with E-state index in [9.17, 15) is 9.59 Å². The third kappa shape index (κ3) is 3.77. The second kappa shape index (κ2) is 4.98. The van der Waals surface area contributed by atoms with E-state index in [2.05, 4.69) is 5.32 Å². The van der Waals surface area contributed by atoms with E-state index in [4.69, 9.17) is 5.11 Å². The second-order valence-corrected chi connectivity index (χ2v) is 3.91. The first-order valence-corrected chi connectivity index (χ1v) is 5.10. The first-order valence-electron chi connectivity index (χ1n) is 5.10. The van der Waals surface area contributed by atoms with E-state index in [0.717, 1.165) is 12.8 Å². The molecule has 0 heterocycles. The Labute approximate surface area is 83.7 Å². The number of carboxylic acid groups (broad SMARTS) is 1. The fourth-order valence-corrected chi connectivity index (χ4v) is 1.42. The average molecular weight is 199 g/mol. The summed E-state index contributed by atoms with van der Waals surface area (Å²) in [5.74, 6) is -0.0818. The molecular weight excluding hydrogens is 182 g/mol. The van der Waals surface area contributed by atoms with Crippen molar-refractivity contribution in [1.29, 1.82) is 0 Å². The molecule has 80 valence electrons. The van der Waals surface area contributed by atoms with Crippen LogP contribution in [0.5, 0.6) is 0 Å². The van der Waals surface area contributed by atoms with E-state index in [-0.39, 0.29) is 18.2 Å². The van der Waals surface area contributed by atoms with Gasteiger partial charge in [-0.25, -0.2) is 0 Å². The molecule has 4 heteroatoms. The highest BCUT2D eigenvalue weighted by molar-refractivity contribution is 5.78. The molecule has 1 aliphatic carbocycles. The highest BCUT2D eigenvalue weighted by Gasteiger charge is 2.32. The summed E-state index contributed by atoms with van der Waals surface area (Å²) in [6.45, 7) is 2.41. The Morgan fingerprint density at radius 1 is 1.50 bits per heavy atom. The van der Waals surface area contributed by atoms with Crippen molar-refractivity contribution in [3.63, 3.8) is 0 Å². The molecule has 0 aromatic carbocycles. The van der Waals surface area contributed by atoms with Gasteiger partial charge in [0.1, 0.15) is 0 Å². The first-order chi connectivity index (χ1) is 6.61. The molecular formula is C10H17NO3. The van der Waals surface area contributed by atoms with Gasteiger partial charge in [-0.15, -0.1) is 0 Å². The lowest BCUT2D eigenvalue weighted by Gasteiger charge is -2.10. The number of carbonyl (C=O) groups excluding carboxylic acids is 1. The number of carboxylic acids is 1. The fraction of sp³-hybridized carbons (Fsp3) is 0.800. The molecule has 1 aliphatic rings. The Kier molecular flexibility index (Phi) is 3.92. The molecule has 2 N–H and O–H groups in total. The summed E-state index contributed by atoms with van der Waals surface area (Å²) in [5.41, 5.74) is 0. The minimum Gasteiger partial charge on any atom is -0.481 e. The molecule has 1 unspecified atom stereocenters. The Bertz CT molecular complexity index is 223. The maximum absolute atomic E-state index is 11.4. The third-order valence-corrected chi connectivity index (χ3v) is 2.61. The maximum Gasteiger partial charge on any atom is 0.303 e. The van der Waals surface area contributed by atoms with Crippen molar-refractivity contribution in [2.24, 2.45) is 11.8 Å². The van der Waals surface area contributed by atoms with Crippen LogP contribution in [-0.4, -0.2) is 23.5 Å². The van der Waals surface area contributed by atoms with E-state index in [1.54, 1.807) is 0 Å². The number of amides is 1. The van der Waals surface area contributed by atoms with E-state index < -0.39 is 5.97 Å². The Hall–Kier alpha value is -1.06. The summed E-state index contributed by atoms with van der Waals surface area (Å²) in [7, 11) is 0. The lowest BCUT2D eigenvalue weighted by atomic mass is 10.1. The molecule has 0 radical (unpaired) electrons. The van der Waals surface area contributed by atoms with Crippen molar-refractivity contribution < 1.29 is 14.7 Å². The van der Waals surface area contributed by atoms with Crippen molar-refractivity contribution in [2.45, 2.75) is 32.6 Å². The van der Waals surface area contributed by atoms with Crippen LogP contribution in [-0.2, 0) is 9.59 Å². The molecule has 0 aliphatic heterocycles. The lowest BCUT2D eigenvalue weighted by molar-refractivity contribution is -0.137. The zero-order chi connectivity index (χ0) is 10.6. The van der Waals surface area contributed by atoms with Crippen LogP contribution in [0.2, 0.25) is 0 Å². The average Bonchev–Trinajstić information content (AvgIpc) is 2.93. The highest BCUT2D eigenvalue weighted by atomic mass is 16.4. The normalized spacial score (nSPS) is 17.5. The quantitative estimate of drug-likeness (QED) is 0.627. The smallest absolute Gasteiger partial charge is 0.303 e. The SMILES string of the molecule is CC(C(=O)NCCCC(=O)O)C1CC1. The summed E-state index contributed by atoms with van der Waals surface area (Å²) in [6.07, 6.45) is 2.95. The minimum atomic E-state index is -0.811. The zero-order valence-corrected chi connectivity index (χ0v) is 8.45. The third-order valence-electron chi connectivity index (χ3n) is 2.61. The van der Waals surface area contributed by atoms with E-state index >= 15 is 0 Å². The fourth-order valence-electron chi connectivity index (χ4n) is 1.42. The van der Waals surface area contributed by atoms with Crippen molar-refractivity contribution in [3.8, 4) is 0 Å². The number of nitrogens with one attached hydrogen (secondary N) is 1. The van der Waals surface area contributed by atoms with Gasteiger partial charge in [0.15, 0.2) is 0 Å². The van der Waals surface area contributed by atoms with Crippen LogP contribution in [0, 0.1) is 11.8 Å². The van der Waals surface area contributed by atoms with Gasteiger partial charge in [0, 0.05) is 18.9 Å². The van der Waals surface area contributed by atoms with Crippen LogP contribution in [0.3, 0.4) is 0 Å². The molecule has 0 aromatic heterocycles. The van der Waals surface area contributed by atoms with Gasteiger partial charge >= 0.3 is 5.97 Å². The van der Waals surface area contributed by atoms with Gasteiger partial charge in [-0.05, 0) is 25.2 Å². The molecule has 0 saturated heterocycles. The van der Waals surface area contributed by atoms with E-state index in [0.29, 0.717) is 18.9 Å². The largest absolute Gasteiger partial charge is 0.481 e. The molecule has 0 spiro atoms. The summed E-state index contributed by atoms with van der Waals surface area (Å²) >= 11 is 0. The van der Waals surface area contributed by atoms with Gasteiger partial charge in [0.25, 0.3) is 0 Å². The van der Waals surface area contributed by atoms with Gasteiger partial charge < -0.3 is 10.4 Å². The van der Waals surface area contributed by atoms with Crippen LogP contribution in [0.4, 0.5) is 0 Å². The maximum atomic E-state index is 11.4. The number of hydrogen-bond acceptors (Lipinski definition) is 2. The molecule has 0 aromatic rings. The zero-order valence-electron chi connectivity index (χ0n) is 8.45. The standard InChI is InChI=1S/C10H17NO3/c1-7(8-4-5-8)10(14)11-6-2-3-9(12)13/h7-8H,2-6H2,1H3,(H,11,14)(H,12,13). The summed E-state index contributed by atoms with van der Waals surface area (Å²) in [4.78, 5) is 21.6. The predicted molar refractivity (Wildman–Crippen MR) is 51.8 cm³/mol. The van der Waals surface area contributed by atoms with Gasteiger partial charge in [0.2, 0.25) is 5.91 Å². The molecule has 14 heavy (non-hydrogen) atoms. The number of carbonyl (C=O) groups is 2. The molecule has 1 amide bonds. The Morgan fingerprint density at radius 2 is 2.14 bits per heavy atom. The number of rotatable bonds is 6. The molecule has 1 rings (SSSR count). The van der Waals surface area contributed by atoms with Gasteiger partial charge in [-0.3, -0.25) is 9.59 Å². The lowest BCUT2D eigenvalue weighted by Crippen LogP contribution is -2.31.